The van der Waals surface area contributed by atoms with Gasteiger partial charge in [0, 0.05) is 19.6 Å². The third kappa shape index (κ3) is 4.64. The number of carbonyl (C=O) groups is 1. The molecule has 1 aromatic rings. The molecule has 1 aliphatic rings. The van der Waals surface area contributed by atoms with E-state index in [1.54, 1.807) is 0 Å². The van der Waals surface area contributed by atoms with Crippen LogP contribution in [0.5, 0.6) is 0 Å². The average molecular weight is 275 g/mol. The number of carbonyl (C=O) groups excluding carboxylic acids is 1. The van der Waals surface area contributed by atoms with Crippen LogP contribution in [0.2, 0.25) is 0 Å². The molecule has 0 aliphatic carbocycles. The number of benzene rings is 1. The molecule has 1 amide bonds. The molecular formula is C17H25NO2. The highest BCUT2D eigenvalue weighted by molar-refractivity contribution is 5.76. The molecule has 0 spiro atoms. The Morgan fingerprint density at radius 2 is 2.10 bits per heavy atom. The number of rotatable bonds is 6. The van der Waals surface area contributed by atoms with Gasteiger partial charge in [0.25, 0.3) is 0 Å². The lowest BCUT2D eigenvalue weighted by atomic mass is 10.0. The Morgan fingerprint density at radius 3 is 2.70 bits per heavy atom. The second-order valence-corrected chi connectivity index (χ2v) is 5.84. The van der Waals surface area contributed by atoms with Crippen molar-refractivity contribution >= 4 is 5.91 Å². The van der Waals surface area contributed by atoms with Gasteiger partial charge < -0.3 is 10.1 Å². The lowest BCUT2D eigenvalue weighted by Crippen LogP contribution is -2.31. The number of nitrogens with one attached hydrogen (secondary N) is 1. The highest BCUT2D eigenvalue weighted by Crippen LogP contribution is 2.15. The molecule has 2 rings (SSSR count). The molecule has 1 aromatic carbocycles. The van der Waals surface area contributed by atoms with Gasteiger partial charge >= 0.3 is 0 Å². The van der Waals surface area contributed by atoms with E-state index in [9.17, 15) is 4.79 Å². The normalized spacial score (nSPS) is 18.4. The van der Waals surface area contributed by atoms with E-state index in [0.29, 0.717) is 18.9 Å². The summed E-state index contributed by atoms with van der Waals surface area (Å²) in [4.78, 5) is 11.8. The summed E-state index contributed by atoms with van der Waals surface area (Å²) in [5.41, 5.74) is 2.57. The summed E-state index contributed by atoms with van der Waals surface area (Å²) in [6.07, 6.45) is 3.76. The van der Waals surface area contributed by atoms with Crippen molar-refractivity contribution in [3.63, 3.8) is 0 Å². The van der Waals surface area contributed by atoms with E-state index in [1.165, 1.54) is 11.1 Å². The lowest BCUT2D eigenvalue weighted by Gasteiger charge is -2.11. The molecule has 1 aliphatic heterocycles. The van der Waals surface area contributed by atoms with Gasteiger partial charge in [-0.15, -0.1) is 0 Å². The zero-order valence-electron chi connectivity index (χ0n) is 12.5. The number of ether oxygens (including phenoxy) is 1. The van der Waals surface area contributed by atoms with E-state index in [1.807, 2.05) is 0 Å². The Hall–Kier alpha value is -1.35. The molecule has 1 fully saturated rings. The van der Waals surface area contributed by atoms with Crippen LogP contribution in [0.3, 0.4) is 0 Å². The van der Waals surface area contributed by atoms with Crippen LogP contribution >= 0.6 is 0 Å². The smallest absolute Gasteiger partial charge is 0.220 e. The molecule has 0 saturated carbocycles. The minimum atomic E-state index is 0.119. The van der Waals surface area contributed by atoms with Crippen molar-refractivity contribution in [3.05, 3.63) is 35.4 Å². The monoisotopic (exact) mass is 275 g/mol. The van der Waals surface area contributed by atoms with Gasteiger partial charge in [0.05, 0.1) is 6.10 Å². The van der Waals surface area contributed by atoms with E-state index < -0.39 is 0 Å². The van der Waals surface area contributed by atoms with E-state index >= 15 is 0 Å². The number of hydrogen-bond donors (Lipinski definition) is 1. The van der Waals surface area contributed by atoms with Crippen LogP contribution in [0.1, 0.15) is 50.2 Å². The summed E-state index contributed by atoms with van der Waals surface area (Å²) < 4.78 is 5.49. The van der Waals surface area contributed by atoms with Gasteiger partial charge in [-0.2, -0.15) is 0 Å². The first-order valence-electron chi connectivity index (χ1n) is 7.62. The lowest BCUT2D eigenvalue weighted by molar-refractivity contribution is -0.121. The number of hydrogen-bond acceptors (Lipinski definition) is 2. The van der Waals surface area contributed by atoms with Gasteiger partial charge in [-0.3, -0.25) is 4.79 Å². The fourth-order valence-corrected chi connectivity index (χ4v) is 2.45. The van der Waals surface area contributed by atoms with E-state index in [0.717, 1.165) is 25.9 Å². The molecule has 3 heteroatoms. The van der Waals surface area contributed by atoms with Crippen molar-refractivity contribution in [1.29, 1.82) is 0 Å². The largest absolute Gasteiger partial charge is 0.376 e. The molecule has 0 aromatic heterocycles. The van der Waals surface area contributed by atoms with E-state index in [2.05, 4.69) is 43.4 Å². The van der Waals surface area contributed by atoms with Crippen molar-refractivity contribution in [2.45, 2.75) is 51.6 Å². The quantitative estimate of drug-likeness (QED) is 0.866. The molecule has 1 saturated heterocycles. The summed E-state index contributed by atoms with van der Waals surface area (Å²) in [6, 6.07) is 8.57. The summed E-state index contributed by atoms with van der Waals surface area (Å²) in [5.74, 6) is 0.673. The van der Waals surface area contributed by atoms with Crippen molar-refractivity contribution in [2.75, 3.05) is 13.2 Å². The van der Waals surface area contributed by atoms with Gasteiger partial charge in [-0.05, 0) is 36.3 Å². The molecule has 0 unspecified atom stereocenters. The van der Waals surface area contributed by atoms with Crippen LogP contribution in [-0.4, -0.2) is 25.2 Å². The van der Waals surface area contributed by atoms with Crippen molar-refractivity contribution < 1.29 is 9.53 Å². The van der Waals surface area contributed by atoms with Crippen molar-refractivity contribution in [3.8, 4) is 0 Å². The Morgan fingerprint density at radius 1 is 1.35 bits per heavy atom. The molecule has 0 radical (unpaired) electrons. The molecule has 20 heavy (non-hydrogen) atoms. The maximum absolute atomic E-state index is 11.8. The second kappa shape index (κ2) is 7.44. The van der Waals surface area contributed by atoms with Crippen LogP contribution < -0.4 is 5.32 Å². The molecule has 1 atom stereocenters. The molecular weight excluding hydrogens is 250 g/mol. The van der Waals surface area contributed by atoms with Crippen LogP contribution in [-0.2, 0) is 16.0 Å². The number of amides is 1. The summed E-state index contributed by atoms with van der Waals surface area (Å²) >= 11 is 0. The average Bonchev–Trinajstić information content (AvgIpc) is 2.96. The van der Waals surface area contributed by atoms with Crippen LogP contribution in [0.4, 0.5) is 0 Å². The van der Waals surface area contributed by atoms with Crippen molar-refractivity contribution in [1.82, 2.24) is 5.32 Å². The zero-order valence-corrected chi connectivity index (χ0v) is 12.5. The Balaban J connectivity index is 1.69. The first-order chi connectivity index (χ1) is 9.65. The summed E-state index contributed by atoms with van der Waals surface area (Å²) in [7, 11) is 0. The molecule has 110 valence electrons. The van der Waals surface area contributed by atoms with Crippen LogP contribution in [0, 0.1) is 0 Å². The third-order valence-electron chi connectivity index (χ3n) is 3.84. The Bertz CT molecular complexity index is 419. The fraction of sp³-hybridized carbons (Fsp3) is 0.588. The Kier molecular flexibility index (Phi) is 5.60. The maximum atomic E-state index is 11.8. The standard InChI is InChI=1S/C17H25NO2/c1-13(2)15-8-5-14(6-9-15)7-10-17(19)18-12-16-4-3-11-20-16/h5-6,8-9,13,16H,3-4,7,10-12H2,1-2H3,(H,18,19)/t16-/m1/s1. The summed E-state index contributed by atoms with van der Waals surface area (Å²) in [6.45, 7) is 5.87. The second-order valence-electron chi connectivity index (χ2n) is 5.84. The van der Waals surface area contributed by atoms with Gasteiger partial charge in [0.15, 0.2) is 0 Å². The molecule has 1 heterocycles. The van der Waals surface area contributed by atoms with Crippen LogP contribution in [0.15, 0.2) is 24.3 Å². The molecule has 1 N–H and O–H groups in total. The minimum absolute atomic E-state index is 0.119. The van der Waals surface area contributed by atoms with Gasteiger partial charge in [-0.1, -0.05) is 38.1 Å². The Labute approximate surface area is 121 Å². The van der Waals surface area contributed by atoms with Gasteiger partial charge in [0.1, 0.15) is 0 Å². The fourth-order valence-electron chi connectivity index (χ4n) is 2.45. The third-order valence-corrected chi connectivity index (χ3v) is 3.84. The highest BCUT2D eigenvalue weighted by Gasteiger charge is 2.15. The van der Waals surface area contributed by atoms with Gasteiger partial charge in [0.2, 0.25) is 5.91 Å². The highest BCUT2D eigenvalue weighted by atomic mass is 16.5. The SMILES string of the molecule is CC(C)c1ccc(CCC(=O)NC[C@H]2CCCO2)cc1. The minimum Gasteiger partial charge on any atom is -0.376 e. The van der Waals surface area contributed by atoms with Gasteiger partial charge in [-0.25, -0.2) is 0 Å². The topological polar surface area (TPSA) is 38.3 Å². The van der Waals surface area contributed by atoms with Crippen molar-refractivity contribution in [2.24, 2.45) is 0 Å². The number of aryl methyl sites for hydroxylation is 1. The van der Waals surface area contributed by atoms with E-state index in [4.69, 9.17) is 4.74 Å². The zero-order chi connectivity index (χ0) is 14.4. The van der Waals surface area contributed by atoms with Crippen LogP contribution in [0.25, 0.3) is 0 Å². The van der Waals surface area contributed by atoms with E-state index in [-0.39, 0.29) is 12.0 Å². The maximum Gasteiger partial charge on any atom is 0.220 e. The first-order valence-corrected chi connectivity index (χ1v) is 7.62. The molecule has 0 bridgehead atoms. The predicted octanol–water partition coefficient (Wildman–Crippen LogP) is 3.04. The first kappa shape index (κ1) is 15.0. The summed E-state index contributed by atoms with van der Waals surface area (Å²) in [5, 5.41) is 2.96. The molecule has 3 nitrogen and oxygen atoms in total. The predicted molar refractivity (Wildman–Crippen MR) is 80.8 cm³/mol.